The van der Waals surface area contributed by atoms with Gasteiger partial charge in [0.2, 0.25) is 0 Å². The number of hydrogen-bond acceptors (Lipinski definition) is 1. The molecule has 2 aromatic rings. The second-order valence-electron chi connectivity index (χ2n) is 2.87. The molecule has 0 fully saturated rings. The van der Waals surface area contributed by atoms with Crippen LogP contribution in [-0.2, 0) is 0 Å². The number of benzene rings is 1. The Morgan fingerprint density at radius 2 is 2.17 bits per heavy atom. The molecule has 0 atom stereocenters. The SMILES string of the molecule is CC(=N)c1cccc2[nH]ccc12. The number of aromatic amines is 1. The Morgan fingerprint density at radius 1 is 1.33 bits per heavy atom. The Kier molecular flexibility index (Phi) is 1.47. The zero-order valence-corrected chi connectivity index (χ0v) is 6.89. The summed E-state index contributed by atoms with van der Waals surface area (Å²) in [6.45, 7) is 1.81. The van der Waals surface area contributed by atoms with Crippen LogP contribution in [0.3, 0.4) is 0 Å². The van der Waals surface area contributed by atoms with Gasteiger partial charge in [-0.15, -0.1) is 0 Å². The van der Waals surface area contributed by atoms with Crippen LogP contribution in [0.4, 0.5) is 0 Å². The van der Waals surface area contributed by atoms with Gasteiger partial charge in [-0.05, 0) is 19.1 Å². The molecule has 0 aliphatic rings. The highest BCUT2D eigenvalue weighted by atomic mass is 14.7. The van der Waals surface area contributed by atoms with Crippen LogP contribution in [0.5, 0.6) is 0 Å². The van der Waals surface area contributed by atoms with E-state index in [-0.39, 0.29) is 0 Å². The van der Waals surface area contributed by atoms with Crippen molar-refractivity contribution in [2.75, 3.05) is 0 Å². The summed E-state index contributed by atoms with van der Waals surface area (Å²) in [5.74, 6) is 0. The smallest absolute Gasteiger partial charge is 0.0460 e. The maximum Gasteiger partial charge on any atom is 0.0460 e. The van der Waals surface area contributed by atoms with Gasteiger partial charge in [-0.25, -0.2) is 0 Å². The van der Waals surface area contributed by atoms with Gasteiger partial charge in [-0.2, -0.15) is 0 Å². The van der Waals surface area contributed by atoms with E-state index in [1.54, 1.807) is 0 Å². The van der Waals surface area contributed by atoms with Crippen molar-refractivity contribution >= 4 is 16.6 Å². The molecule has 2 N–H and O–H groups in total. The number of fused-ring (bicyclic) bond motifs is 1. The number of nitrogens with one attached hydrogen (secondary N) is 2. The largest absolute Gasteiger partial charge is 0.361 e. The minimum atomic E-state index is 0.611. The summed E-state index contributed by atoms with van der Waals surface area (Å²) in [7, 11) is 0. The molecule has 0 saturated heterocycles. The van der Waals surface area contributed by atoms with Crippen molar-refractivity contribution in [2.24, 2.45) is 0 Å². The summed E-state index contributed by atoms with van der Waals surface area (Å²) in [6, 6.07) is 7.95. The van der Waals surface area contributed by atoms with Crippen LogP contribution in [0.25, 0.3) is 10.9 Å². The van der Waals surface area contributed by atoms with Gasteiger partial charge in [-0.1, -0.05) is 12.1 Å². The summed E-state index contributed by atoms with van der Waals surface area (Å²) >= 11 is 0. The molecule has 2 rings (SSSR count). The van der Waals surface area contributed by atoms with E-state index in [0.717, 1.165) is 16.5 Å². The molecular formula is C10H10N2. The first-order chi connectivity index (χ1) is 5.79. The van der Waals surface area contributed by atoms with Gasteiger partial charge >= 0.3 is 0 Å². The van der Waals surface area contributed by atoms with Crippen molar-refractivity contribution in [2.45, 2.75) is 6.92 Å². The van der Waals surface area contributed by atoms with Crippen molar-refractivity contribution in [3.05, 3.63) is 36.0 Å². The lowest BCUT2D eigenvalue weighted by molar-refractivity contribution is 1.46. The van der Waals surface area contributed by atoms with E-state index in [4.69, 9.17) is 5.41 Å². The third-order valence-corrected chi connectivity index (χ3v) is 2.00. The number of rotatable bonds is 1. The first-order valence-electron chi connectivity index (χ1n) is 3.90. The predicted octanol–water partition coefficient (Wildman–Crippen LogP) is 2.56. The molecule has 0 aliphatic carbocycles. The van der Waals surface area contributed by atoms with Crippen molar-refractivity contribution < 1.29 is 0 Å². The molecule has 60 valence electrons. The van der Waals surface area contributed by atoms with Crippen LogP contribution < -0.4 is 0 Å². The second kappa shape index (κ2) is 2.48. The highest BCUT2D eigenvalue weighted by Crippen LogP contribution is 2.17. The van der Waals surface area contributed by atoms with Crippen LogP contribution in [0.1, 0.15) is 12.5 Å². The summed E-state index contributed by atoms with van der Waals surface area (Å²) in [5, 5.41) is 8.67. The molecule has 0 saturated carbocycles. The Morgan fingerprint density at radius 3 is 2.92 bits per heavy atom. The molecule has 1 heterocycles. The van der Waals surface area contributed by atoms with Crippen LogP contribution in [-0.4, -0.2) is 10.7 Å². The van der Waals surface area contributed by atoms with Crippen LogP contribution in [0, 0.1) is 5.41 Å². The summed E-state index contributed by atoms with van der Waals surface area (Å²) in [5.41, 5.74) is 2.72. The molecule has 1 aromatic carbocycles. The molecule has 0 amide bonds. The molecule has 0 bridgehead atoms. The molecule has 0 radical (unpaired) electrons. The topological polar surface area (TPSA) is 39.6 Å². The van der Waals surface area contributed by atoms with Crippen molar-refractivity contribution in [1.82, 2.24) is 4.98 Å². The first kappa shape index (κ1) is 7.10. The molecular weight excluding hydrogens is 148 g/mol. The highest BCUT2D eigenvalue weighted by molar-refractivity contribution is 6.07. The average molecular weight is 158 g/mol. The maximum absolute atomic E-state index is 7.54. The van der Waals surface area contributed by atoms with E-state index in [1.807, 2.05) is 37.4 Å². The number of H-pyrrole nitrogens is 1. The first-order valence-corrected chi connectivity index (χ1v) is 3.90. The fourth-order valence-electron chi connectivity index (χ4n) is 1.41. The van der Waals surface area contributed by atoms with Gasteiger partial charge < -0.3 is 10.4 Å². The lowest BCUT2D eigenvalue weighted by Gasteiger charge is -1.98. The van der Waals surface area contributed by atoms with Crippen LogP contribution in [0.15, 0.2) is 30.5 Å². The molecule has 2 nitrogen and oxygen atoms in total. The van der Waals surface area contributed by atoms with E-state index in [9.17, 15) is 0 Å². The van der Waals surface area contributed by atoms with Gasteiger partial charge in [0.15, 0.2) is 0 Å². The predicted molar refractivity (Wildman–Crippen MR) is 50.8 cm³/mol. The van der Waals surface area contributed by atoms with Crippen molar-refractivity contribution in [3.63, 3.8) is 0 Å². The fourth-order valence-corrected chi connectivity index (χ4v) is 1.41. The quantitative estimate of drug-likeness (QED) is 0.599. The van der Waals surface area contributed by atoms with Gasteiger partial charge in [0.1, 0.15) is 0 Å². The van der Waals surface area contributed by atoms with Crippen LogP contribution >= 0.6 is 0 Å². The Hall–Kier alpha value is -1.57. The van der Waals surface area contributed by atoms with E-state index < -0.39 is 0 Å². The zero-order valence-electron chi connectivity index (χ0n) is 6.89. The second-order valence-corrected chi connectivity index (χ2v) is 2.87. The lowest BCUT2D eigenvalue weighted by Crippen LogP contribution is -1.91. The van der Waals surface area contributed by atoms with Gasteiger partial charge in [-0.3, -0.25) is 0 Å². The summed E-state index contributed by atoms with van der Waals surface area (Å²) < 4.78 is 0. The van der Waals surface area contributed by atoms with Gasteiger partial charge in [0.25, 0.3) is 0 Å². The molecule has 0 aliphatic heterocycles. The Labute approximate surface area is 70.7 Å². The van der Waals surface area contributed by atoms with E-state index in [2.05, 4.69) is 4.98 Å². The third kappa shape index (κ3) is 0.925. The van der Waals surface area contributed by atoms with E-state index >= 15 is 0 Å². The Bertz CT molecular complexity index is 426. The standard InChI is InChI=1S/C10H10N2/c1-7(11)8-3-2-4-10-9(8)5-6-12-10/h2-6,11-12H,1H3. The summed E-state index contributed by atoms with van der Waals surface area (Å²) in [4.78, 5) is 3.12. The highest BCUT2D eigenvalue weighted by Gasteiger charge is 2.01. The number of aromatic nitrogens is 1. The minimum Gasteiger partial charge on any atom is -0.361 e. The molecule has 2 heteroatoms. The van der Waals surface area contributed by atoms with Gasteiger partial charge in [0.05, 0.1) is 0 Å². The maximum atomic E-state index is 7.54. The Balaban J connectivity index is 2.82. The molecule has 1 aromatic heterocycles. The molecule has 0 spiro atoms. The zero-order chi connectivity index (χ0) is 8.55. The molecule has 0 unspecified atom stereocenters. The summed E-state index contributed by atoms with van der Waals surface area (Å²) in [6.07, 6.45) is 1.90. The monoisotopic (exact) mass is 158 g/mol. The normalized spacial score (nSPS) is 10.4. The van der Waals surface area contributed by atoms with E-state index in [1.165, 1.54) is 0 Å². The lowest BCUT2D eigenvalue weighted by atomic mass is 10.1. The minimum absolute atomic E-state index is 0.611. The van der Waals surface area contributed by atoms with E-state index in [0.29, 0.717) is 5.71 Å². The molecule has 12 heavy (non-hydrogen) atoms. The third-order valence-electron chi connectivity index (χ3n) is 2.00. The number of hydrogen-bond donors (Lipinski definition) is 2. The van der Waals surface area contributed by atoms with Crippen molar-refractivity contribution in [3.8, 4) is 0 Å². The fraction of sp³-hybridized carbons (Fsp3) is 0.100. The average Bonchev–Trinajstić information content (AvgIpc) is 2.49. The van der Waals surface area contributed by atoms with Crippen LogP contribution in [0.2, 0.25) is 0 Å². The van der Waals surface area contributed by atoms with Crippen molar-refractivity contribution in [1.29, 1.82) is 5.41 Å². The van der Waals surface area contributed by atoms with Gasteiger partial charge in [0, 0.05) is 28.4 Å².